The van der Waals surface area contributed by atoms with Crippen LogP contribution in [0.25, 0.3) is 5.57 Å². The summed E-state index contributed by atoms with van der Waals surface area (Å²) >= 11 is 0. The molecule has 0 heterocycles. The van der Waals surface area contributed by atoms with Crippen molar-refractivity contribution in [1.82, 2.24) is 0 Å². The first kappa shape index (κ1) is 24.7. The fraction of sp³-hybridized carbons (Fsp3) is 0.516. The van der Waals surface area contributed by atoms with Crippen LogP contribution in [0, 0.1) is 28.6 Å². The molecule has 4 rings (SSSR count). The van der Waals surface area contributed by atoms with E-state index in [4.69, 9.17) is 4.74 Å². The van der Waals surface area contributed by atoms with E-state index in [0.29, 0.717) is 17.8 Å². The van der Waals surface area contributed by atoms with Gasteiger partial charge in [-0.25, -0.2) is 0 Å². The zero-order chi connectivity index (χ0) is 24.7. The molecule has 2 aliphatic rings. The number of benzene rings is 2. The summed E-state index contributed by atoms with van der Waals surface area (Å²) < 4.78 is 6.44. The zero-order valence-corrected chi connectivity index (χ0v) is 21.5. The maximum atomic E-state index is 14.3. The first-order valence-electron chi connectivity index (χ1n) is 12.8. The number of carbonyl (C=O) groups excluding carboxylic acids is 1. The molecule has 0 aliphatic heterocycles. The van der Waals surface area contributed by atoms with Gasteiger partial charge in [-0.2, -0.15) is 0 Å². The Bertz CT molecular complexity index is 1030. The lowest BCUT2D eigenvalue weighted by atomic mass is 9.75. The molecule has 182 valence electrons. The Morgan fingerprint density at radius 1 is 1.00 bits per heavy atom. The van der Waals surface area contributed by atoms with Gasteiger partial charge in [-0.05, 0) is 58.3 Å². The molecular weight excluding hydrogens is 420 g/mol. The largest absolute Gasteiger partial charge is 0.461 e. The van der Waals surface area contributed by atoms with Gasteiger partial charge in [0.15, 0.2) is 0 Å². The Kier molecular flexibility index (Phi) is 6.79. The van der Waals surface area contributed by atoms with Crippen molar-refractivity contribution in [3.05, 3.63) is 77.4 Å². The quantitative estimate of drug-likeness (QED) is 0.463. The molecule has 0 radical (unpaired) electrons. The molecule has 0 bridgehead atoms. The molecule has 0 unspecified atom stereocenters. The molecular formula is C31H40O3. The molecule has 0 amide bonds. The van der Waals surface area contributed by atoms with Crippen LogP contribution in [0.4, 0.5) is 0 Å². The van der Waals surface area contributed by atoms with Crippen LogP contribution in [-0.2, 0) is 9.53 Å². The normalized spacial score (nSPS) is 28.1. The van der Waals surface area contributed by atoms with Gasteiger partial charge in [-0.1, -0.05) is 109 Å². The van der Waals surface area contributed by atoms with Crippen LogP contribution in [0.1, 0.15) is 78.0 Å². The van der Waals surface area contributed by atoms with E-state index in [9.17, 15) is 9.90 Å². The molecule has 0 spiro atoms. The van der Waals surface area contributed by atoms with Crippen molar-refractivity contribution in [1.29, 1.82) is 0 Å². The number of esters is 1. The first-order chi connectivity index (χ1) is 16.1. The van der Waals surface area contributed by atoms with Gasteiger partial charge in [0.25, 0.3) is 0 Å². The molecule has 2 aromatic rings. The van der Waals surface area contributed by atoms with Crippen LogP contribution in [0.5, 0.6) is 0 Å². The zero-order valence-electron chi connectivity index (χ0n) is 21.5. The number of hydrogen-bond acceptors (Lipinski definition) is 3. The van der Waals surface area contributed by atoms with Crippen LogP contribution < -0.4 is 0 Å². The highest BCUT2D eigenvalue weighted by molar-refractivity contribution is 6.10. The van der Waals surface area contributed by atoms with E-state index in [1.807, 2.05) is 60.7 Å². The molecule has 2 aliphatic carbocycles. The highest BCUT2D eigenvalue weighted by Crippen LogP contribution is 2.70. The van der Waals surface area contributed by atoms with Gasteiger partial charge < -0.3 is 9.84 Å². The monoisotopic (exact) mass is 460 g/mol. The minimum Gasteiger partial charge on any atom is -0.461 e. The van der Waals surface area contributed by atoms with Crippen molar-refractivity contribution in [3.8, 4) is 0 Å². The van der Waals surface area contributed by atoms with Gasteiger partial charge in [-0.15, -0.1) is 0 Å². The first-order valence-corrected chi connectivity index (χ1v) is 12.8. The van der Waals surface area contributed by atoms with Gasteiger partial charge in [0, 0.05) is 0 Å². The highest BCUT2D eigenvalue weighted by atomic mass is 16.5. The summed E-state index contributed by atoms with van der Waals surface area (Å²) in [6.07, 6.45) is 2.03. The number of carbonyl (C=O) groups is 1. The molecule has 3 heteroatoms. The average Bonchev–Trinajstić information content (AvgIpc) is 3.52. The third-order valence-corrected chi connectivity index (χ3v) is 7.86. The summed E-state index contributed by atoms with van der Waals surface area (Å²) in [6.45, 7) is 13.1. The molecule has 0 saturated heterocycles. The molecule has 0 aromatic heterocycles. The molecule has 1 saturated carbocycles. The number of ether oxygens (including phenoxy) is 1. The predicted octanol–water partition coefficient (Wildman–Crippen LogP) is 7.22. The molecule has 1 fully saturated rings. The average molecular weight is 461 g/mol. The number of hydrogen-bond donors (Lipinski definition) is 1. The maximum Gasteiger partial charge on any atom is 0.324 e. The fourth-order valence-electron chi connectivity index (χ4n) is 6.19. The van der Waals surface area contributed by atoms with Gasteiger partial charge >= 0.3 is 5.97 Å². The van der Waals surface area contributed by atoms with Gasteiger partial charge in [0.2, 0.25) is 0 Å². The van der Waals surface area contributed by atoms with Crippen molar-refractivity contribution >= 4 is 11.5 Å². The summed E-state index contributed by atoms with van der Waals surface area (Å²) in [6, 6.07) is 19.6. The van der Waals surface area contributed by atoms with Crippen molar-refractivity contribution in [2.24, 2.45) is 28.6 Å². The highest BCUT2D eigenvalue weighted by Gasteiger charge is 2.68. The predicted molar refractivity (Wildman–Crippen MR) is 138 cm³/mol. The fourth-order valence-corrected chi connectivity index (χ4v) is 6.19. The summed E-state index contributed by atoms with van der Waals surface area (Å²) in [7, 11) is 0. The Hall–Kier alpha value is -2.39. The maximum absolute atomic E-state index is 14.3. The molecule has 3 nitrogen and oxygen atoms in total. The summed E-state index contributed by atoms with van der Waals surface area (Å²) in [5.41, 5.74) is 2.17. The third-order valence-electron chi connectivity index (χ3n) is 7.86. The van der Waals surface area contributed by atoms with Crippen molar-refractivity contribution in [2.45, 2.75) is 73.0 Å². The second-order valence-corrected chi connectivity index (χ2v) is 11.8. The van der Waals surface area contributed by atoms with Crippen molar-refractivity contribution in [2.75, 3.05) is 0 Å². The lowest BCUT2D eigenvalue weighted by Crippen LogP contribution is -2.41. The Morgan fingerprint density at radius 2 is 1.59 bits per heavy atom. The SMILES string of the molecule is CC(C)[C@@H]1CC[C@@H](C)C[C@H]1OC(=O)[C@]1([C@@H](O)c2ccccc2)C(c2ccccc2)=C1C(C)(C)C. The van der Waals surface area contributed by atoms with Gasteiger partial charge in [-0.3, -0.25) is 4.79 Å². The lowest BCUT2D eigenvalue weighted by Gasteiger charge is -2.38. The smallest absolute Gasteiger partial charge is 0.324 e. The molecule has 1 N–H and O–H groups in total. The third kappa shape index (κ3) is 4.35. The molecule has 2 aromatic carbocycles. The summed E-state index contributed by atoms with van der Waals surface area (Å²) in [5, 5.41) is 11.9. The van der Waals surface area contributed by atoms with E-state index in [-0.39, 0.29) is 17.5 Å². The molecule has 5 atom stereocenters. The number of rotatable bonds is 6. The summed E-state index contributed by atoms with van der Waals surface area (Å²) in [5.74, 6) is 1.04. The van der Waals surface area contributed by atoms with E-state index < -0.39 is 11.5 Å². The van der Waals surface area contributed by atoms with Crippen LogP contribution in [0.3, 0.4) is 0 Å². The Morgan fingerprint density at radius 3 is 2.15 bits per heavy atom. The standard InChI is InChI=1S/C31H40O3/c1-20(2)24-18-17-21(3)19-25(24)34-29(33)31(28(32)23-15-11-8-12-16-23)26(27(31)30(4,5)6)22-13-9-7-10-14-22/h7-16,20-21,24-25,28,32H,17-19H2,1-6H3/t21-,24+,25-,28+,31-/m1/s1. The van der Waals surface area contributed by atoms with Crippen LogP contribution in [0.15, 0.2) is 66.2 Å². The van der Waals surface area contributed by atoms with Gasteiger partial charge in [0.1, 0.15) is 17.6 Å². The minimum absolute atomic E-state index is 0.116. The number of aliphatic hydroxyl groups is 1. The topological polar surface area (TPSA) is 46.5 Å². The van der Waals surface area contributed by atoms with Crippen molar-refractivity contribution in [3.63, 3.8) is 0 Å². The van der Waals surface area contributed by atoms with E-state index in [0.717, 1.165) is 35.1 Å². The molecule has 34 heavy (non-hydrogen) atoms. The second kappa shape index (κ2) is 9.34. The van der Waals surface area contributed by atoms with Gasteiger partial charge in [0.05, 0.1) is 0 Å². The van der Waals surface area contributed by atoms with Crippen LogP contribution >= 0.6 is 0 Å². The van der Waals surface area contributed by atoms with Crippen molar-refractivity contribution < 1.29 is 14.6 Å². The van der Waals surface area contributed by atoms with E-state index >= 15 is 0 Å². The summed E-state index contributed by atoms with van der Waals surface area (Å²) in [4.78, 5) is 14.3. The van der Waals surface area contributed by atoms with Crippen LogP contribution in [0.2, 0.25) is 0 Å². The Balaban J connectivity index is 1.79. The Labute approximate surface area is 205 Å². The minimum atomic E-state index is -1.16. The lowest BCUT2D eigenvalue weighted by molar-refractivity contribution is -0.166. The number of aliphatic hydroxyl groups excluding tert-OH is 1. The second-order valence-electron chi connectivity index (χ2n) is 11.8. The van der Waals surface area contributed by atoms with Crippen LogP contribution in [-0.4, -0.2) is 17.2 Å². The van der Waals surface area contributed by atoms with E-state index in [2.05, 4.69) is 41.5 Å². The van der Waals surface area contributed by atoms with E-state index in [1.165, 1.54) is 6.42 Å². The van der Waals surface area contributed by atoms with E-state index in [1.54, 1.807) is 0 Å².